The van der Waals surface area contributed by atoms with E-state index in [9.17, 15) is 21.6 Å². The quantitative estimate of drug-likeness (QED) is 0.573. The lowest BCUT2D eigenvalue weighted by Crippen LogP contribution is -2.39. The fourth-order valence-corrected chi connectivity index (χ4v) is 3.33. The average molecular weight is 344 g/mol. The number of thioether (sulfide) groups is 1. The number of carbonyl (C=O) groups is 1. The summed E-state index contributed by atoms with van der Waals surface area (Å²) in [6.45, 7) is 5.23. The van der Waals surface area contributed by atoms with Crippen LogP contribution in [0.5, 0.6) is 0 Å². The first-order valence-corrected chi connectivity index (χ1v) is 10.4. The highest BCUT2D eigenvalue weighted by Gasteiger charge is 2.17. The van der Waals surface area contributed by atoms with E-state index >= 15 is 0 Å². The number of sulfonamides is 2. The van der Waals surface area contributed by atoms with Gasteiger partial charge in [-0.3, -0.25) is 4.79 Å². The smallest absolute Gasteiger partial charge is 0.214 e. The lowest BCUT2D eigenvalue weighted by Gasteiger charge is -2.19. The summed E-state index contributed by atoms with van der Waals surface area (Å²) >= 11 is 0.985. The van der Waals surface area contributed by atoms with Crippen molar-refractivity contribution in [1.82, 2.24) is 9.03 Å². The predicted octanol–water partition coefficient (Wildman–Crippen LogP) is -0.367. The van der Waals surface area contributed by atoms with E-state index < -0.39 is 20.0 Å². The lowest BCUT2D eigenvalue weighted by atomic mass is 10.4. The minimum Gasteiger partial charge on any atom is -0.282 e. The molecule has 0 aromatic heterocycles. The number of hydrogen-bond acceptors (Lipinski definition) is 6. The van der Waals surface area contributed by atoms with Crippen LogP contribution in [0, 0.1) is 0 Å². The van der Waals surface area contributed by atoms with Gasteiger partial charge in [0.15, 0.2) is 0 Å². The molecular weight excluding hydrogens is 324 g/mol. The molecular formula is C10H20N2O5S3. The molecule has 0 aliphatic carbocycles. The number of rotatable bonds is 9. The van der Waals surface area contributed by atoms with Gasteiger partial charge in [-0.05, 0) is 12.5 Å². The van der Waals surface area contributed by atoms with E-state index in [0.717, 1.165) is 28.6 Å². The molecule has 0 bridgehead atoms. The number of nitrogens with zero attached hydrogens (tertiary/aromatic N) is 1. The van der Waals surface area contributed by atoms with Gasteiger partial charge in [-0.2, -0.15) is 0 Å². The van der Waals surface area contributed by atoms with Crippen molar-refractivity contribution < 1.29 is 21.6 Å². The molecule has 0 aliphatic rings. The Kier molecular flexibility index (Phi) is 7.96. The zero-order valence-electron chi connectivity index (χ0n) is 11.7. The van der Waals surface area contributed by atoms with Crippen molar-refractivity contribution in [2.75, 3.05) is 37.9 Å². The summed E-state index contributed by atoms with van der Waals surface area (Å²) in [6.07, 6.45) is 2.04. The molecule has 0 heterocycles. The Bertz CT molecular complexity index is 553. The fourth-order valence-electron chi connectivity index (χ4n) is 1.16. The van der Waals surface area contributed by atoms with Crippen LogP contribution in [0.4, 0.5) is 0 Å². The first-order chi connectivity index (χ1) is 8.93. The zero-order chi connectivity index (χ0) is 16.0. The maximum absolute atomic E-state index is 11.5. The zero-order valence-corrected chi connectivity index (χ0v) is 14.2. The predicted molar refractivity (Wildman–Crippen MR) is 81.5 cm³/mol. The maximum Gasteiger partial charge on any atom is 0.214 e. The second kappa shape index (κ2) is 8.13. The Labute approximate surface area is 124 Å². The third-order valence-corrected chi connectivity index (χ3v) is 5.15. The molecule has 0 aromatic rings. The Morgan fingerprint density at radius 3 is 2.15 bits per heavy atom. The molecule has 0 amide bonds. The molecule has 0 saturated carbocycles. The maximum atomic E-state index is 11.5. The van der Waals surface area contributed by atoms with Gasteiger partial charge < -0.3 is 0 Å². The average Bonchev–Trinajstić information content (AvgIpc) is 2.23. The molecule has 0 unspecified atom stereocenters. The second-order valence-corrected chi connectivity index (χ2v) is 9.13. The minimum absolute atomic E-state index is 0.00893. The summed E-state index contributed by atoms with van der Waals surface area (Å²) in [4.78, 5) is 11.3. The van der Waals surface area contributed by atoms with Gasteiger partial charge in [-0.1, -0.05) is 18.3 Å². The first kappa shape index (κ1) is 19.6. The third kappa shape index (κ3) is 9.48. The van der Waals surface area contributed by atoms with Crippen LogP contribution in [0.2, 0.25) is 0 Å². The molecule has 0 fully saturated rings. The first-order valence-electron chi connectivity index (χ1n) is 5.66. The summed E-state index contributed by atoms with van der Waals surface area (Å²) in [5, 5.41) is -0.187. The van der Waals surface area contributed by atoms with Crippen LogP contribution < -0.4 is 4.72 Å². The van der Waals surface area contributed by atoms with Crippen LogP contribution in [-0.2, 0) is 24.8 Å². The van der Waals surface area contributed by atoms with Crippen molar-refractivity contribution in [2.24, 2.45) is 0 Å². The van der Waals surface area contributed by atoms with Gasteiger partial charge in [-0.25, -0.2) is 25.9 Å². The number of nitrogens with one attached hydrogen (secondary N) is 1. The van der Waals surface area contributed by atoms with Crippen LogP contribution in [0.25, 0.3) is 0 Å². The molecule has 118 valence electrons. The summed E-state index contributed by atoms with van der Waals surface area (Å²) in [5.41, 5.74) is 0.402. The van der Waals surface area contributed by atoms with Crippen molar-refractivity contribution in [3.05, 3.63) is 12.2 Å². The molecule has 0 spiro atoms. The van der Waals surface area contributed by atoms with E-state index in [4.69, 9.17) is 0 Å². The summed E-state index contributed by atoms with van der Waals surface area (Å²) in [6, 6.07) is 0. The molecule has 1 N–H and O–H groups in total. The van der Waals surface area contributed by atoms with E-state index in [0.29, 0.717) is 5.57 Å². The van der Waals surface area contributed by atoms with Crippen LogP contribution in [0.15, 0.2) is 12.2 Å². The Morgan fingerprint density at radius 2 is 1.75 bits per heavy atom. The number of hydrogen-bond donors (Lipinski definition) is 1. The fraction of sp³-hybridized carbons (Fsp3) is 0.700. The van der Waals surface area contributed by atoms with E-state index in [1.165, 1.54) is 0 Å². The Balaban J connectivity index is 4.39. The van der Waals surface area contributed by atoms with Crippen LogP contribution in [0.3, 0.4) is 0 Å². The van der Waals surface area contributed by atoms with Crippen LogP contribution >= 0.6 is 11.8 Å². The summed E-state index contributed by atoms with van der Waals surface area (Å²) in [5.74, 6) is 0.289. The molecule has 10 heteroatoms. The van der Waals surface area contributed by atoms with Crippen molar-refractivity contribution in [2.45, 2.75) is 6.92 Å². The van der Waals surface area contributed by atoms with Crippen molar-refractivity contribution in [3.8, 4) is 0 Å². The van der Waals surface area contributed by atoms with Gasteiger partial charge >= 0.3 is 0 Å². The monoisotopic (exact) mass is 344 g/mol. The van der Waals surface area contributed by atoms with Gasteiger partial charge in [0, 0.05) is 25.4 Å². The standard InChI is InChI=1S/C10H20N2O5S3/c1-9(2)10(13)18-8-7-12(20(4,16)17)6-5-11-19(3,14)15/h11H,1,5-8H2,2-4H3. The van der Waals surface area contributed by atoms with Gasteiger partial charge in [0.2, 0.25) is 25.2 Å². The lowest BCUT2D eigenvalue weighted by molar-refractivity contribution is -0.107. The minimum atomic E-state index is -3.45. The van der Waals surface area contributed by atoms with Gasteiger partial charge in [0.05, 0.1) is 12.5 Å². The van der Waals surface area contributed by atoms with E-state index in [2.05, 4.69) is 11.3 Å². The summed E-state index contributed by atoms with van der Waals surface area (Å²) < 4.78 is 48.2. The summed E-state index contributed by atoms with van der Waals surface area (Å²) in [7, 11) is -6.80. The normalized spacial score (nSPS) is 12.6. The molecule has 0 saturated heterocycles. The largest absolute Gasteiger partial charge is 0.282 e. The SMILES string of the molecule is C=C(C)C(=O)SCCN(CCNS(C)(=O)=O)S(C)(=O)=O. The highest BCUT2D eigenvalue weighted by Crippen LogP contribution is 2.09. The van der Waals surface area contributed by atoms with Crippen molar-refractivity contribution >= 4 is 36.9 Å². The third-order valence-electron chi connectivity index (χ3n) is 2.12. The van der Waals surface area contributed by atoms with E-state index in [1.807, 2.05) is 0 Å². The highest BCUT2D eigenvalue weighted by atomic mass is 32.2. The van der Waals surface area contributed by atoms with Crippen molar-refractivity contribution in [3.63, 3.8) is 0 Å². The van der Waals surface area contributed by atoms with Crippen LogP contribution in [0.1, 0.15) is 6.92 Å². The molecule has 7 nitrogen and oxygen atoms in total. The Hall–Kier alpha value is -0.420. The van der Waals surface area contributed by atoms with E-state index in [-0.39, 0.29) is 30.5 Å². The molecule has 20 heavy (non-hydrogen) atoms. The van der Waals surface area contributed by atoms with Gasteiger partial charge in [0.1, 0.15) is 0 Å². The molecule has 0 aromatic carbocycles. The van der Waals surface area contributed by atoms with E-state index in [1.54, 1.807) is 6.92 Å². The Morgan fingerprint density at radius 1 is 1.20 bits per heavy atom. The molecule has 0 rings (SSSR count). The molecule has 0 atom stereocenters. The topological polar surface area (TPSA) is 101 Å². The van der Waals surface area contributed by atoms with Gasteiger partial charge in [0.25, 0.3) is 0 Å². The molecule has 0 aliphatic heterocycles. The van der Waals surface area contributed by atoms with Gasteiger partial charge in [-0.15, -0.1) is 0 Å². The van der Waals surface area contributed by atoms with Crippen LogP contribution in [-0.4, -0.2) is 64.2 Å². The second-order valence-electron chi connectivity index (χ2n) is 4.24. The van der Waals surface area contributed by atoms with Crippen molar-refractivity contribution in [1.29, 1.82) is 0 Å². The highest BCUT2D eigenvalue weighted by molar-refractivity contribution is 8.14. The number of carbonyl (C=O) groups excluding carboxylic acids is 1. The molecule has 0 radical (unpaired) electrons.